The summed E-state index contributed by atoms with van der Waals surface area (Å²) in [5, 5.41) is 14.8. The maximum atomic E-state index is 2.35. The maximum absolute atomic E-state index is 2.35. The molecule has 0 N–H and O–H groups in total. The zero-order chi connectivity index (χ0) is 90.5. The summed E-state index contributed by atoms with van der Waals surface area (Å²) in [6.45, 7) is 0. The van der Waals surface area contributed by atoms with Gasteiger partial charge in [0.25, 0.3) is 0 Å². The fraction of sp³-hybridized carbons (Fsp3) is 0. The van der Waals surface area contributed by atoms with Crippen LogP contribution in [0.2, 0.25) is 0 Å². The van der Waals surface area contributed by atoms with Gasteiger partial charge in [0.2, 0.25) is 0 Å². The van der Waals surface area contributed by atoms with Crippen molar-refractivity contribution in [1.82, 2.24) is 0 Å². The molecule has 4 heteroatoms. The van der Waals surface area contributed by atoms with Gasteiger partial charge in [-0.15, -0.1) is 0 Å². The first-order valence-electron chi connectivity index (χ1n) is 46.6. The van der Waals surface area contributed by atoms with Crippen LogP contribution in [0, 0.1) is 0 Å². The molecule has 4 nitrogen and oxygen atoms in total. The maximum Gasteiger partial charge on any atom is 0.0540 e. The van der Waals surface area contributed by atoms with Crippen molar-refractivity contribution in [2.24, 2.45) is 0 Å². The van der Waals surface area contributed by atoms with Crippen LogP contribution >= 0.6 is 0 Å². The fourth-order valence-electron chi connectivity index (χ4n) is 19.4. The molecule has 0 unspecified atom stereocenters. The van der Waals surface area contributed by atoms with Crippen LogP contribution < -0.4 is 19.6 Å². The molecule has 0 heterocycles. The average Bonchev–Trinajstić information content (AvgIpc) is 0.779. The summed E-state index contributed by atoms with van der Waals surface area (Å²) in [5.41, 5.74) is 32.8. The van der Waals surface area contributed by atoms with E-state index in [0.29, 0.717) is 0 Å². The minimum Gasteiger partial charge on any atom is -0.311 e. The Kier molecular flexibility index (Phi) is 22.5. The van der Waals surface area contributed by atoms with E-state index in [-0.39, 0.29) is 0 Å². The van der Waals surface area contributed by atoms with Crippen molar-refractivity contribution < 1.29 is 0 Å². The SMILES string of the molecule is c1ccc(N(c2ccc(-c3ccc(-c4ccc5cc6cc(-c7ccc(-c8ccc(N(c9ccccc9)c9cccc%10ccccc9%10)cc8)cc7)ccc6cc5c4)cc3)cc2)c2cccc3ccccc23)cc1.c1ccc(N(c2ccccc2)c2ccc(-c3ccc(-c4ccc5cc6cc(-c7ccc(-c8ccc(N(c9ccccc9)c9ccccc9)cc8)cc7)ccc6cc5c4)cc3)cc2)cc1. The lowest BCUT2D eigenvalue weighted by Gasteiger charge is -2.27. The van der Waals surface area contributed by atoms with Gasteiger partial charge < -0.3 is 19.6 Å². The summed E-state index contributed by atoms with van der Waals surface area (Å²) in [6, 6.07) is 202. The van der Waals surface area contributed by atoms with Gasteiger partial charge in [0.05, 0.1) is 11.4 Å². The first-order valence-corrected chi connectivity index (χ1v) is 46.6. The lowest BCUT2D eigenvalue weighted by Crippen LogP contribution is -2.10. The van der Waals surface area contributed by atoms with Crippen molar-refractivity contribution in [2.45, 2.75) is 0 Å². The van der Waals surface area contributed by atoms with Gasteiger partial charge in [-0.3, -0.25) is 0 Å². The van der Waals surface area contributed by atoms with Crippen molar-refractivity contribution in [3.05, 3.63) is 558 Å². The van der Waals surface area contributed by atoms with Crippen LogP contribution in [0.15, 0.2) is 558 Å². The van der Waals surface area contributed by atoms with E-state index < -0.39 is 0 Å². The second kappa shape index (κ2) is 37.1. The molecule has 0 spiro atoms. The quantitative estimate of drug-likeness (QED) is 0.0705. The predicted octanol–water partition coefficient (Wildman–Crippen LogP) is 37.5. The van der Waals surface area contributed by atoms with Gasteiger partial charge in [-0.05, 0) is 325 Å². The van der Waals surface area contributed by atoms with E-state index in [2.05, 4.69) is 578 Å². The zero-order valence-electron chi connectivity index (χ0n) is 74.9. The lowest BCUT2D eigenvalue weighted by atomic mass is 9.95. The third-order valence-corrected chi connectivity index (χ3v) is 26.4. The molecule has 0 atom stereocenters. The number of nitrogens with zero attached hydrogens (tertiary/aromatic N) is 4. The normalized spacial score (nSPS) is 11.2. The van der Waals surface area contributed by atoms with Crippen LogP contribution in [0.4, 0.5) is 68.2 Å². The van der Waals surface area contributed by atoms with Gasteiger partial charge in [0.15, 0.2) is 0 Å². The van der Waals surface area contributed by atoms with Crippen molar-refractivity contribution in [1.29, 1.82) is 0 Å². The van der Waals surface area contributed by atoms with Gasteiger partial charge >= 0.3 is 0 Å². The monoisotopic (exact) mass is 1730 g/mol. The van der Waals surface area contributed by atoms with Crippen molar-refractivity contribution in [3.63, 3.8) is 0 Å². The number of fused-ring (bicyclic) bond motifs is 6. The number of anilines is 12. The van der Waals surface area contributed by atoms with Gasteiger partial charge in [0.1, 0.15) is 0 Å². The van der Waals surface area contributed by atoms with Gasteiger partial charge in [-0.1, -0.05) is 376 Å². The molecule has 0 amide bonds. The second-order valence-corrected chi connectivity index (χ2v) is 34.8. The Hall–Kier alpha value is -18.0. The van der Waals surface area contributed by atoms with E-state index in [0.717, 1.165) is 68.2 Å². The Labute approximate surface area is 794 Å². The van der Waals surface area contributed by atoms with Crippen LogP contribution in [0.3, 0.4) is 0 Å². The first-order chi connectivity index (χ1) is 67.4. The van der Waals surface area contributed by atoms with Crippen LogP contribution in [-0.4, -0.2) is 0 Å². The molecule has 640 valence electrons. The Balaban J connectivity index is 0.000000154. The van der Waals surface area contributed by atoms with Gasteiger partial charge in [0, 0.05) is 67.6 Å². The van der Waals surface area contributed by atoms with Crippen LogP contribution in [0.1, 0.15) is 0 Å². The van der Waals surface area contributed by atoms with E-state index >= 15 is 0 Å². The highest BCUT2D eigenvalue weighted by atomic mass is 15.2. The van der Waals surface area contributed by atoms with E-state index in [1.807, 2.05) is 0 Å². The molecule has 24 rings (SSSR count). The van der Waals surface area contributed by atoms with Crippen LogP contribution in [0.25, 0.3) is 154 Å². The topological polar surface area (TPSA) is 13.0 Å². The van der Waals surface area contributed by atoms with Crippen molar-refractivity contribution >= 4 is 133 Å². The summed E-state index contributed by atoms with van der Waals surface area (Å²) in [6.07, 6.45) is 0. The third kappa shape index (κ3) is 17.1. The molecule has 0 radical (unpaired) electrons. The molecule has 0 aliphatic rings. The number of hydrogen-bond acceptors (Lipinski definition) is 4. The number of rotatable bonds is 20. The Morgan fingerprint density at radius 1 is 0.0882 bits per heavy atom. The van der Waals surface area contributed by atoms with Crippen molar-refractivity contribution in [2.75, 3.05) is 19.6 Å². The standard InChI is InChI=1S/C70H48N2.C62H44N2/c1-3-17-63(18-4-1)71(69-23-11-15-55-13-7-9-21-67(55)69)65-41-37-51(38-42-65)49-25-29-53(30-26-49)57-33-35-59-48-62-46-58(34-36-60(62)47-61(59)45-57)54-31-27-50(28-32-54)52-39-43-66(44-40-52)72(64-19-5-2-6-20-64)70-24-12-16-56-14-8-10-22-68(56)70;1-5-13-57(14-6-1)63(58-15-7-2-8-16-58)61-37-33-47(34-38-61)45-21-25-49(26-22-45)51-29-31-53-44-56-42-52(30-32-54(56)43-55(53)41-51)50-27-23-46(24-28-50)48-35-39-62(40-36-48)64(59-17-9-3-10-18-59)60-19-11-4-12-20-60/h1-48H;1-44H. The Morgan fingerprint density at radius 2 is 0.250 bits per heavy atom. The van der Waals surface area contributed by atoms with Crippen molar-refractivity contribution in [3.8, 4) is 89.0 Å². The molecule has 0 fully saturated rings. The molecule has 24 aromatic rings. The van der Waals surface area contributed by atoms with Crippen LogP contribution in [-0.2, 0) is 0 Å². The molecule has 0 bridgehead atoms. The van der Waals surface area contributed by atoms with E-state index in [1.54, 1.807) is 0 Å². The highest BCUT2D eigenvalue weighted by Gasteiger charge is 2.21. The van der Waals surface area contributed by atoms with Crippen LogP contribution in [0.5, 0.6) is 0 Å². The first kappa shape index (κ1) is 82.5. The molecular formula is C132H92N4. The minimum absolute atomic E-state index is 1.12. The number of hydrogen-bond donors (Lipinski definition) is 0. The smallest absolute Gasteiger partial charge is 0.0540 e. The second-order valence-electron chi connectivity index (χ2n) is 34.8. The Bertz CT molecular complexity index is 7770. The third-order valence-electron chi connectivity index (χ3n) is 26.4. The van der Waals surface area contributed by atoms with E-state index in [4.69, 9.17) is 0 Å². The molecule has 24 aromatic carbocycles. The fourth-order valence-corrected chi connectivity index (χ4v) is 19.4. The Morgan fingerprint density at radius 3 is 0.478 bits per heavy atom. The molecular weight excluding hydrogens is 1640 g/mol. The molecule has 0 aromatic heterocycles. The summed E-state index contributed by atoms with van der Waals surface area (Å²) in [5.74, 6) is 0. The summed E-state index contributed by atoms with van der Waals surface area (Å²) in [7, 11) is 0. The number of para-hydroxylation sites is 6. The molecule has 0 aliphatic carbocycles. The summed E-state index contributed by atoms with van der Waals surface area (Å²) in [4.78, 5) is 9.29. The highest BCUT2D eigenvalue weighted by Crippen LogP contribution is 2.46. The highest BCUT2D eigenvalue weighted by molar-refractivity contribution is 6.05. The summed E-state index contributed by atoms with van der Waals surface area (Å²) < 4.78 is 0. The molecule has 0 aliphatic heterocycles. The predicted molar refractivity (Wildman–Crippen MR) is 580 cm³/mol. The van der Waals surface area contributed by atoms with Gasteiger partial charge in [-0.2, -0.15) is 0 Å². The zero-order valence-corrected chi connectivity index (χ0v) is 74.9. The number of benzene rings is 24. The minimum atomic E-state index is 1.12. The average molecular weight is 1730 g/mol. The van der Waals surface area contributed by atoms with E-state index in [1.165, 1.54) is 154 Å². The lowest BCUT2D eigenvalue weighted by molar-refractivity contribution is 1.28. The van der Waals surface area contributed by atoms with Gasteiger partial charge in [-0.25, -0.2) is 0 Å². The molecule has 0 saturated heterocycles. The largest absolute Gasteiger partial charge is 0.311 e. The molecule has 0 saturated carbocycles. The van der Waals surface area contributed by atoms with E-state index in [9.17, 15) is 0 Å². The molecule has 136 heavy (non-hydrogen) atoms. The summed E-state index contributed by atoms with van der Waals surface area (Å²) >= 11 is 0.